The van der Waals surface area contributed by atoms with Crippen molar-refractivity contribution in [3.8, 4) is 23.0 Å². The van der Waals surface area contributed by atoms with E-state index in [1.165, 1.54) is 39.8 Å². The van der Waals surface area contributed by atoms with Crippen LogP contribution >= 0.6 is 92.8 Å². The van der Waals surface area contributed by atoms with Gasteiger partial charge >= 0.3 is 5.97 Å². The molecule has 0 spiro atoms. The largest absolute Gasteiger partial charge is 0.487 e. The number of azo groups is 1. The number of hydrogen-bond donors (Lipinski definition) is 6. The number of H-pyrrole nitrogens is 1. The van der Waals surface area contributed by atoms with E-state index in [2.05, 4.69) is 80.5 Å². The summed E-state index contributed by atoms with van der Waals surface area (Å²) in [6.45, 7) is 27.1. The van der Waals surface area contributed by atoms with Gasteiger partial charge in [-0.2, -0.15) is 29.2 Å². The molecular formula is C100H113Cl8N17O13S. The molecule has 9 atom stereocenters. The summed E-state index contributed by atoms with van der Waals surface area (Å²) in [5.74, 6) is -0.585. The van der Waals surface area contributed by atoms with Crippen LogP contribution in [0.5, 0.6) is 23.0 Å². The van der Waals surface area contributed by atoms with Gasteiger partial charge in [0.05, 0.1) is 61.3 Å². The average Bonchev–Trinajstić information content (AvgIpc) is 1.61. The summed E-state index contributed by atoms with van der Waals surface area (Å²) < 4.78 is 53.8. The summed E-state index contributed by atoms with van der Waals surface area (Å²) in [6, 6.07) is 45.7. The Balaban J connectivity index is 0.000000200. The molecule has 3 aromatic heterocycles. The van der Waals surface area contributed by atoms with Gasteiger partial charge in [-0.25, -0.2) is 19.7 Å². The van der Waals surface area contributed by atoms with Crippen molar-refractivity contribution in [1.82, 2.24) is 45.1 Å². The van der Waals surface area contributed by atoms with Crippen LogP contribution in [0.2, 0.25) is 40.2 Å². The number of nitrogens with zero attached hydrogens (tertiary/aromatic N) is 11. The van der Waals surface area contributed by atoms with E-state index < -0.39 is 58.7 Å². The molecule has 0 aliphatic carbocycles. The molecule has 0 radical (unpaired) electrons. The number of halogens is 8. The fraction of sp³-hybridized carbons (Fsp3) is 0.370. The Hall–Kier alpha value is -11.2. The number of benzene rings is 8. The van der Waals surface area contributed by atoms with Gasteiger partial charge in [-0.3, -0.25) is 44.0 Å². The van der Waals surface area contributed by atoms with Gasteiger partial charge < -0.3 is 43.8 Å². The smallest absolute Gasteiger partial charge is 0.308 e. The first-order valence-electron chi connectivity index (χ1n) is 45.7. The number of aromatic nitrogens is 6. The van der Waals surface area contributed by atoms with Crippen LogP contribution in [0.25, 0.3) is 5.65 Å². The molecule has 9 unspecified atom stereocenters. The summed E-state index contributed by atoms with van der Waals surface area (Å²) >= 11 is 48.8. The summed E-state index contributed by atoms with van der Waals surface area (Å²) in [7, 11) is 0. The van der Waals surface area contributed by atoms with Crippen LogP contribution in [0.15, 0.2) is 197 Å². The molecule has 13 rings (SSSR count). The van der Waals surface area contributed by atoms with Crippen LogP contribution in [0.1, 0.15) is 183 Å². The first-order chi connectivity index (χ1) is 66.6. The first kappa shape index (κ1) is 108. The Bertz CT molecular complexity index is 6190. The number of hydrazone groups is 1. The van der Waals surface area contributed by atoms with Gasteiger partial charge in [-0.05, 0) is 200 Å². The molecule has 738 valence electrons. The van der Waals surface area contributed by atoms with E-state index in [9.17, 15) is 33.0 Å². The number of fused-ring (bicyclic) bond motifs is 1. The maximum Gasteiger partial charge on any atom is 0.308 e. The second kappa shape index (κ2) is 51.8. The fourth-order valence-corrected chi connectivity index (χ4v) is 17.9. The molecule has 6 N–H and O–H groups in total. The number of amides is 5. The van der Waals surface area contributed by atoms with Crippen LogP contribution in [0.3, 0.4) is 0 Å². The van der Waals surface area contributed by atoms with Crippen LogP contribution < -0.4 is 54.5 Å². The van der Waals surface area contributed by atoms with E-state index in [1.54, 1.807) is 66.9 Å². The van der Waals surface area contributed by atoms with Gasteiger partial charge in [0.25, 0.3) is 34.9 Å². The van der Waals surface area contributed by atoms with Gasteiger partial charge in [-0.1, -0.05) is 245 Å². The van der Waals surface area contributed by atoms with Crippen molar-refractivity contribution < 1.29 is 60.8 Å². The number of aromatic amines is 1. The number of carbonyl (C=O) groups excluding carboxylic acids is 6. The third-order valence-electron chi connectivity index (χ3n) is 22.7. The maximum atomic E-state index is 14.1. The number of ether oxygens (including phenoxy) is 5. The molecule has 1 fully saturated rings. The highest BCUT2D eigenvalue weighted by molar-refractivity contribution is 7.78. The number of amidine groups is 2. The minimum absolute atomic E-state index is 0.0511. The third kappa shape index (κ3) is 29.7. The Morgan fingerprint density at radius 1 is 0.633 bits per heavy atom. The zero-order valence-corrected chi connectivity index (χ0v) is 86.1. The lowest BCUT2D eigenvalue weighted by Gasteiger charge is -2.32. The standard InChI is InChI=1S/C34H47ClN6O6S.C33H28Cl4N6O3.C33H38Cl3N5O4/c1-7-9-10-11-12-29(46-27-15-13-22(3)19-23(27)4)34(42)37-26-14-16-28(45-18-17-44-8-2)30(20-26)47-48(43)36-21-24(5)32-38-33-31(35)25(6)39-41(33)40-32;1-4-28(46-23-7-5-6-19(3)14-23)32(44)38-22-12-13-24(35)27(17-22)39-31-29(41-40-21-10-8-18(2)9-11-21)33(45)43(42-31)30-25(36)15-20(34)16-26(30)37;1-5-7-16-45-31(43)23(17-21(3)22-12-9-8-10-13-22)20-33(4,6-2)32(44)38-29-28(40-15-11-14-37-40)30(42)41(39-29)27-25(35)18-24(34)19-26(27)36/h13-16,19-20,24,29,36,39H,7-12,17-18,21H2,1-6H3,(H,37,42);5-17,28-29H,4H2,1-3H3,(H,38,44)(H,39,42);8-15,18-19,21,23,28H,5-7,16-17,20H2,1-4H3,(H,38,39,44). The summed E-state index contributed by atoms with van der Waals surface area (Å²) in [5, 5.41) is 37.6. The van der Waals surface area contributed by atoms with Gasteiger partial charge in [0.1, 0.15) is 34.5 Å². The molecule has 8 aromatic carbocycles. The van der Waals surface area contributed by atoms with Gasteiger partial charge in [-0.15, -0.1) is 10.2 Å². The molecule has 30 nitrogen and oxygen atoms in total. The Labute approximate surface area is 851 Å². The predicted molar refractivity (Wildman–Crippen MR) is 551 cm³/mol. The van der Waals surface area contributed by atoms with E-state index in [0.29, 0.717) is 106 Å². The zero-order valence-electron chi connectivity index (χ0n) is 79.3. The van der Waals surface area contributed by atoms with Gasteiger partial charge in [0.2, 0.25) is 11.9 Å². The number of hydrazine groups is 1. The third-order valence-corrected chi connectivity index (χ3v) is 25.8. The van der Waals surface area contributed by atoms with Crippen molar-refractivity contribution in [3.63, 3.8) is 0 Å². The number of hydrogen-bond acceptors (Lipinski definition) is 20. The van der Waals surface area contributed by atoms with Crippen molar-refractivity contribution in [2.24, 2.45) is 31.7 Å². The number of aryl methyl sites for hydroxylation is 5. The summed E-state index contributed by atoms with van der Waals surface area (Å²) in [5.41, 5.74) is 10.5. The molecule has 11 aromatic rings. The van der Waals surface area contributed by atoms with Crippen molar-refractivity contribution in [2.45, 2.75) is 197 Å². The number of anilines is 4. The molecule has 0 bridgehead atoms. The van der Waals surface area contributed by atoms with Crippen LogP contribution in [-0.4, -0.2) is 132 Å². The molecular weight excluding hydrogens is 1960 g/mol. The number of aliphatic imine (C=N–C) groups is 1. The summed E-state index contributed by atoms with van der Waals surface area (Å²) in [6.07, 6.45) is 9.59. The number of esters is 1. The zero-order chi connectivity index (χ0) is 100. The normalized spacial score (nSPS) is 15.6. The Morgan fingerprint density at radius 2 is 1.29 bits per heavy atom. The first-order valence-corrected chi connectivity index (χ1v) is 49.8. The van der Waals surface area contributed by atoms with Gasteiger partial charge in [0, 0.05) is 64.4 Å². The monoisotopic (exact) mass is 2070 g/mol. The Morgan fingerprint density at radius 3 is 1.94 bits per heavy atom. The number of nitrogens with one attached hydrogen (secondary N) is 6. The topological polar surface area (TPSA) is 355 Å². The SMILES string of the molecule is CCC(Oc1cccc(C)c1)C(=O)Nc1ccc(Cl)c(N=C2NN(c3c(Cl)cc(Cl)cc3Cl)C(=O)C2N=Nc2ccc(C)cc2)c1.CCCCCCC(Oc1ccc(C)cc1C)C(=O)Nc1ccc(OCCOCC)c(OS(=O)NCC(C)c2nc3c(Cl)c(C)[nH]n3n2)c1.CCCCOC(=O)C(CC(C)c1ccccc1)CC(C)(CC)C(=O)NC1=NN(c2c(Cl)cc(Cl)cc2Cl)C(=O)C1n1cccn1. The van der Waals surface area contributed by atoms with E-state index >= 15 is 0 Å². The number of rotatable bonds is 42. The number of unbranched alkanes of at least 4 members (excludes halogenated alkanes) is 4. The molecule has 0 saturated carbocycles. The van der Waals surface area contributed by atoms with Crippen LogP contribution in [0.4, 0.5) is 34.1 Å². The van der Waals surface area contributed by atoms with E-state index in [1.807, 2.05) is 155 Å². The highest BCUT2D eigenvalue weighted by Gasteiger charge is 2.46. The molecule has 2 aliphatic rings. The van der Waals surface area contributed by atoms with E-state index in [4.69, 9.17) is 121 Å². The van der Waals surface area contributed by atoms with Crippen molar-refractivity contribution in [3.05, 3.63) is 256 Å². The van der Waals surface area contributed by atoms with E-state index in [-0.39, 0.29) is 115 Å². The van der Waals surface area contributed by atoms with Crippen LogP contribution in [0, 0.1) is 46.0 Å². The lowest BCUT2D eigenvalue weighted by Crippen LogP contribution is -2.46. The van der Waals surface area contributed by atoms with Crippen LogP contribution in [-0.2, 0) is 49.5 Å². The Kier molecular flexibility index (Phi) is 40.3. The van der Waals surface area contributed by atoms with Gasteiger partial charge in [0.15, 0.2) is 52.9 Å². The summed E-state index contributed by atoms with van der Waals surface area (Å²) in [4.78, 5) is 90.9. The number of carbonyl (C=O) groups is 6. The highest BCUT2D eigenvalue weighted by Crippen LogP contribution is 2.44. The molecule has 5 amide bonds. The molecule has 5 heterocycles. The molecule has 1 saturated heterocycles. The fourth-order valence-electron chi connectivity index (χ4n) is 14.8. The van der Waals surface area contributed by atoms with E-state index in [0.717, 1.165) is 82.1 Å². The maximum absolute atomic E-state index is 14.1. The highest BCUT2D eigenvalue weighted by atomic mass is 35.5. The second-order valence-corrected chi connectivity index (χ2v) is 38.0. The van der Waals surface area contributed by atoms with Crippen molar-refractivity contribution in [2.75, 3.05) is 53.6 Å². The van der Waals surface area contributed by atoms with Crippen molar-refractivity contribution >= 4 is 191 Å². The lowest BCUT2D eigenvalue weighted by molar-refractivity contribution is -0.151. The second-order valence-electron chi connectivity index (χ2n) is 33.8. The van der Waals surface area contributed by atoms with Crippen molar-refractivity contribution in [1.29, 1.82) is 0 Å². The predicted octanol–water partition coefficient (Wildman–Crippen LogP) is 24.0. The molecule has 139 heavy (non-hydrogen) atoms. The average molecular weight is 2080 g/mol. The lowest BCUT2D eigenvalue weighted by atomic mass is 9.75. The minimum atomic E-state index is -1.96. The quantitative estimate of drug-likeness (QED) is 0.0118. The molecule has 2 aliphatic heterocycles. The minimum Gasteiger partial charge on any atom is -0.487 e. The molecule has 39 heteroatoms.